The predicted octanol–water partition coefficient (Wildman–Crippen LogP) is 1.09. The van der Waals surface area contributed by atoms with Gasteiger partial charge in [-0.25, -0.2) is 8.42 Å². The van der Waals surface area contributed by atoms with E-state index in [2.05, 4.69) is 0 Å². The number of hydrogen-bond acceptors (Lipinski definition) is 5. The van der Waals surface area contributed by atoms with Crippen LogP contribution in [0.5, 0.6) is 0 Å². The first-order valence-electron chi connectivity index (χ1n) is 6.84. The topological polar surface area (TPSA) is 79.6 Å². The minimum absolute atomic E-state index is 0.136. The Balaban J connectivity index is 1.89. The maximum Gasteiger partial charge on any atom is 0.243 e. The van der Waals surface area contributed by atoms with Crippen LogP contribution in [-0.2, 0) is 19.5 Å². The van der Waals surface area contributed by atoms with Crippen LogP contribution < -0.4 is 0 Å². The van der Waals surface area contributed by atoms with E-state index in [1.807, 2.05) is 6.07 Å². The van der Waals surface area contributed by atoms with Gasteiger partial charge in [0.1, 0.15) is 0 Å². The Hall–Kier alpha value is -1.46. The Morgan fingerprint density at radius 1 is 1.29 bits per heavy atom. The Morgan fingerprint density at radius 3 is 2.76 bits per heavy atom. The van der Waals surface area contributed by atoms with Crippen LogP contribution in [0, 0.1) is 11.3 Å². The third-order valence-corrected chi connectivity index (χ3v) is 5.64. The number of nitriles is 1. The molecule has 0 bridgehead atoms. The largest absolute Gasteiger partial charge is 0.346 e. The van der Waals surface area contributed by atoms with Crippen molar-refractivity contribution in [2.24, 2.45) is 0 Å². The highest BCUT2D eigenvalue weighted by molar-refractivity contribution is 7.89. The maximum atomic E-state index is 12.7. The van der Waals surface area contributed by atoms with Crippen molar-refractivity contribution < 1.29 is 17.9 Å². The molecule has 1 aromatic carbocycles. The number of ether oxygens (including phenoxy) is 2. The Labute approximate surface area is 123 Å². The molecular weight excluding hydrogens is 292 g/mol. The average molecular weight is 308 g/mol. The van der Waals surface area contributed by atoms with Crippen LogP contribution in [0.2, 0.25) is 0 Å². The van der Waals surface area contributed by atoms with Crippen LogP contribution in [-0.4, -0.2) is 44.8 Å². The molecule has 2 saturated heterocycles. The lowest BCUT2D eigenvalue weighted by Crippen LogP contribution is -2.50. The molecule has 0 atom stereocenters. The summed E-state index contributed by atoms with van der Waals surface area (Å²) < 4.78 is 38.0. The van der Waals surface area contributed by atoms with Gasteiger partial charge in [-0.1, -0.05) is 6.07 Å². The SMILES string of the molecule is N#Cc1cccc(S(=O)(=O)N2CCCC3(C2)OCCO3)c1. The highest BCUT2D eigenvalue weighted by Gasteiger charge is 2.44. The van der Waals surface area contributed by atoms with Gasteiger partial charge in [0, 0.05) is 13.0 Å². The van der Waals surface area contributed by atoms with E-state index in [0.717, 1.165) is 0 Å². The number of hydrogen-bond donors (Lipinski definition) is 0. The van der Waals surface area contributed by atoms with Crippen LogP contribution >= 0.6 is 0 Å². The van der Waals surface area contributed by atoms with Crippen molar-refractivity contribution in [2.45, 2.75) is 23.5 Å². The summed E-state index contributed by atoms with van der Waals surface area (Å²) in [7, 11) is -3.64. The fourth-order valence-electron chi connectivity index (χ4n) is 2.76. The van der Waals surface area contributed by atoms with Crippen LogP contribution in [0.15, 0.2) is 29.2 Å². The summed E-state index contributed by atoms with van der Waals surface area (Å²) >= 11 is 0. The maximum absolute atomic E-state index is 12.7. The van der Waals surface area contributed by atoms with Crippen molar-refractivity contribution in [1.29, 1.82) is 5.26 Å². The van der Waals surface area contributed by atoms with Gasteiger partial charge in [-0.2, -0.15) is 9.57 Å². The zero-order valence-electron chi connectivity index (χ0n) is 11.5. The second-order valence-corrected chi connectivity index (χ2v) is 7.13. The fraction of sp³-hybridized carbons (Fsp3) is 0.500. The van der Waals surface area contributed by atoms with Crippen molar-refractivity contribution in [3.8, 4) is 6.07 Å². The molecule has 1 spiro atoms. The van der Waals surface area contributed by atoms with E-state index in [9.17, 15) is 8.42 Å². The van der Waals surface area contributed by atoms with Crippen molar-refractivity contribution in [3.63, 3.8) is 0 Å². The molecule has 6 nitrogen and oxygen atoms in total. The van der Waals surface area contributed by atoms with Crippen LogP contribution in [0.1, 0.15) is 18.4 Å². The molecule has 3 rings (SSSR count). The Bertz CT molecular complexity index is 674. The van der Waals surface area contributed by atoms with E-state index in [-0.39, 0.29) is 11.4 Å². The van der Waals surface area contributed by atoms with Crippen LogP contribution in [0.4, 0.5) is 0 Å². The Morgan fingerprint density at radius 2 is 2.05 bits per heavy atom. The van der Waals surface area contributed by atoms with Crippen LogP contribution in [0.25, 0.3) is 0 Å². The Kier molecular flexibility index (Phi) is 3.71. The van der Waals surface area contributed by atoms with Crippen molar-refractivity contribution in [2.75, 3.05) is 26.3 Å². The van der Waals surface area contributed by atoms with Gasteiger partial charge in [0.15, 0.2) is 5.79 Å². The molecule has 0 unspecified atom stereocenters. The molecule has 0 saturated carbocycles. The summed E-state index contributed by atoms with van der Waals surface area (Å²) in [6.45, 7) is 1.63. The minimum Gasteiger partial charge on any atom is -0.346 e. The van der Waals surface area contributed by atoms with E-state index in [1.165, 1.54) is 16.4 Å². The van der Waals surface area contributed by atoms with E-state index in [0.29, 0.717) is 38.2 Å². The van der Waals surface area contributed by atoms with Gasteiger partial charge in [-0.15, -0.1) is 0 Å². The second kappa shape index (κ2) is 5.39. The second-order valence-electron chi connectivity index (χ2n) is 5.19. The van der Waals surface area contributed by atoms with E-state index in [4.69, 9.17) is 14.7 Å². The molecule has 0 aliphatic carbocycles. The third-order valence-electron chi connectivity index (χ3n) is 3.80. The summed E-state index contributed by atoms with van der Waals surface area (Å²) in [5.41, 5.74) is 0.330. The normalized spacial score (nSPS) is 22.2. The average Bonchev–Trinajstić information content (AvgIpc) is 2.95. The van der Waals surface area contributed by atoms with Gasteiger partial charge in [0.05, 0.1) is 36.3 Å². The minimum atomic E-state index is -3.64. The van der Waals surface area contributed by atoms with Gasteiger partial charge >= 0.3 is 0 Å². The molecule has 2 aliphatic rings. The molecule has 2 heterocycles. The molecule has 1 aromatic rings. The standard InChI is InChI=1S/C14H16N2O4S/c15-10-12-3-1-4-13(9-12)21(17,18)16-6-2-5-14(11-16)19-7-8-20-14/h1,3-4,9H,2,5-8,11H2. The van der Waals surface area contributed by atoms with Crippen molar-refractivity contribution >= 4 is 10.0 Å². The number of nitrogens with zero attached hydrogens (tertiary/aromatic N) is 2. The summed E-state index contributed by atoms with van der Waals surface area (Å²) in [6, 6.07) is 8.02. The number of sulfonamides is 1. The lowest BCUT2D eigenvalue weighted by molar-refractivity contribution is -0.179. The first-order valence-corrected chi connectivity index (χ1v) is 8.28. The zero-order valence-corrected chi connectivity index (χ0v) is 12.3. The van der Waals surface area contributed by atoms with Gasteiger partial charge in [-0.3, -0.25) is 0 Å². The molecule has 21 heavy (non-hydrogen) atoms. The van der Waals surface area contributed by atoms with Crippen molar-refractivity contribution in [1.82, 2.24) is 4.31 Å². The van der Waals surface area contributed by atoms with Gasteiger partial charge in [-0.05, 0) is 24.6 Å². The lowest BCUT2D eigenvalue weighted by atomic mass is 10.1. The van der Waals surface area contributed by atoms with Gasteiger partial charge in [0.2, 0.25) is 10.0 Å². The molecule has 0 radical (unpaired) electrons. The third kappa shape index (κ3) is 2.68. The molecule has 0 N–H and O–H groups in total. The number of benzene rings is 1. The molecule has 0 aromatic heterocycles. The number of rotatable bonds is 2. The first-order chi connectivity index (χ1) is 10.1. The fourth-order valence-corrected chi connectivity index (χ4v) is 4.33. The summed E-state index contributed by atoms with van der Waals surface area (Å²) in [5, 5.41) is 8.91. The van der Waals surface area contributed by atoms with Gasteiger partial charge in [0.25, 0.3) is 0 Å². The van der Waals surface area contributed by atoms with Crippen LogP contribution in [0.3, 0.4) is 0 Å². The highest BCUT2D eigenvalue weighted by atomic mass is 32.2. The molecule has 2 aliphatic heterocycles. The zero-order chi connectivity index (χ0) is 14.9. The molecule has 7 heteroatoms. The number of piperidine rings is 1. The van der Waals surface area contributed by atoms with E-state index in [1.54, 1.807) is 12.1 Å². The molecule has 2 fully saturated rings. The summed E-state index contributed by atoms with van der Waals surface area (Å²) in [6.07, 6.45) is 1.40. The quantitative estimate of drug-likeness (QED) is 0.817. The smallest absolute Gasteiger partial charge is 0.243 e. The monoisotopic (exact) mass is 308 g/mol. The van der Waals surface area contributed by atoms with E-state index >= 15 is 0 Å². The first kappa shape index (κ1) is 14.5. The predicted molar refractivity (Wildman–Crippen MR) is 73.8 cm³/mol. The summed E-state index contributed by atoms with van der Waals surface area (Å²) in [5.74, 6) is -0.793. The lowest BCUT2D eigenvalue weighted by Gasteiger charge is -2.37. The van der Waals surface area contributed by atoms with Gasteiger partial charge < -0.3 is 9.47 Å². The molecule has 0 amide bonds. The van der Waals surface area contributed by atoms with E-state index < -0.39 is 15.8 Å². The van der Waals surface area contributed by atoms with Crippen molar-refractivity contribution in [3.05, 3.63) is 29.8 Å². The molecule has 112 valence electrons. The summed E-state index contributed by atoms with van der Waals surface area (Å²) in [4.78, 5) is 0.136. The highest BCUT2D eigenvalue weighted by Crippen LogP contribution is 2.32. The molecular formula is C14H16N2O4S.